The van der Waals surface area contributed by atoms with Crippen LogP contribution in [0.2, 0.25) is 0 Å². The molecule has 0 heterocycles. The molecule has 0 amide bonds. The molecule has 2 bridgehead atoms. The minimum absolute atomic E-state index is 0.150. The van der Waals surface area contributed by atoms with Crippen LogP contribution in [0.5, 0.6) is 0 Å². The summed E-state index contributed by atoms with van der Waals surface area (Å²) in [6.45, 7) is 5.67. The van der Waals surface area contributed by atoms with Crippen molar-refractivity contribution in [1.29, 1.82) is 0 Å². The summed E-state index contributed by atoms with van der Waals surface area (Å²) in [7, 11) is -3.94. The minimum Gasteiger partial charge on any atom is -0.285 e. The van der Waals surface area contributed by atoms with Gasteiger partial charge in [-0.2, -0.15) is 8.42 Å². The fourth-order valence-electron chi connectivity index (χ4n) is 3.61. The molecule has 4 heteroatoms. The first-order valence-corrected chi connectivity index (χ1v) is 6.62. The molecular formula is C10H18O3S. The molecule has 1 N–H and O–H groups in total. The molecule has 0 unspecified atom stereocenters. The maximum atomic E-state index is 11.5. The summed E-state index contributed by atoms with van der Waals surface area (Å²) < 4.78 is 31.5. The average Bonchev–Trinajstić information content (AvgIpc) is 2.52. The summed E-state index contributed by atoms with van der Waals surface area (Å²) >= 11 is 0. The Morgan fingerprint density at radius 2 is 1.64 bits per heavy atom. The highest BCUT2D eigenvalue weighted by Gasteiger charge is 2.66. The summed E-state index contributed by atoms with van der Waals surface area (Å²) in [5.74, 6) is 0.608. The second kappa shape index (κ2) is 2.53. The smallest absolute Gasteiger partial charge is 0.271 e. The van der Waals surface area contributed by atoms with Crippen LogP contribution in [0.3, 0.4) is 0 Å². The van der Waals surface area contributed by atoms with E-state index in [1.165, 1.54) is 0 Å². The molecule has 0 aromatic heterocycles. The van der Waals surface area contributed by atoms with Crippen LogP contribution >= 0.6 is 0 Å². The average molecular weight is 218 g/mol. The molecule has 0 saturated heterocycles. The zero-order chi connectivity index (χ0) is 10.8. The molecule has 2 saturated carbocycles. The van der Waals surface area contributed by atoms with E-state index in [-0.39, 0.29) is 11.3 Å². The first-order valence-electron chi connectivity index (χ1n) is 5.18. The zero-order valence-electron chi connectivity index (χ0n) is 8.95. The van der Waals surface area contributed by atoms with Gasteiger partial charge in [0, 0.05) is 0 Å². The summed E-state index contributed by atoms with van der Waals surface area (Å²) in [4.78, 5) is 0. The van der Waals surface area contributed by atoms with E-state index in [0.29, 0.717) is 5.92 Å². The van der Waals surface area contributed by atoms with Crippen LogP contribution in [0.4, 0.5) is 0 Å². The van der Waals surface area contributed by atoms with Crippen LogP contribution in [0.25, 0.3) is 0 Å². The molecule has 0 aliphatic heterocycles. The predicted octanol–water partition coefficient (Wildman–Crippen LogP) is 2.09. The number of rotatable bonds is 1. The lowest BCUT2D eigenvalue weighted by atomic mass is 9.69. The lowest BCUT2D eigenvalue weighted by molar-refractivity contribution is 0.149. The molecule has 14 heavy (non-hydrogen) atoms. The summed E-state index contributed by atoms with van der Waals surface area (Å²) in [5.41, 5.74) is -0.288. The van der Waals surface area contributed by atoms with Crippen LogP contribution < -0.4 is 0 Å². The maximum Gasteiger partial charge on any atom is 0.271 e. The van der Waals surface area contributed by atoms with Gasteiger partial charge in [-0.05, 0) is 43.4 Å². The molecule has 3 nitrogen and oxygen atoms in total. The molecule has 2 fully saturated rings. The largest absolute Gasteiger partial charge is 0.285 e. The first-order chi connectivity index (χ1) is 6.21. The van der Waals surface area contributed by atoms with Crippen molar-refractivity contribution in [3.05, 3.63) is 0 Å². The topological polar surface area (TPSA) is 54.4 Å². The van der Waals surface area contributed by atoms with Crippen LogP contribution in [0.15, 0.2) is 0 Å². The Balaban J connectivity index is 2.55. The fourth-order valence-corrected chi connectivity index (χ4v) is 5.08. The highest BCUT2D eigenvalue weighted by Crippen LogP contribution is 2.64. The van der Waals surface area contributed by atoms with Gasteiger partial charge < -0.3 is 0 Å². The van der Waals surface area contributed by atoms with E-state index in [4.69, 9.17) is 0 Å². The Labute approximate surface area is 85.6 Å². The van der Waals surface area contributed by atoms with Crippen LogP contribution in [-0.4, -0.2) is 17.7 Å². The quantitative estimate of drug-likeness (QED) is 0.686. The van der Waals surface area contributed by atoms with Gasteiger partial charge in [0.05, 0.1) is 0 Å². The van der Waals surface area contributed by atoms with Crippen molar-refractivity contribution in [1.82, 2.24) is 0 Å². The van der Waals surface area contributed by atoms with E-state index in [1.54, 1.807) is 6.92 Å². The van der Waals surface area contributed by atoms with Crippen molar-refractivity contribution >= 4 is 10.1 Å². The lowest BCUT2D eigenvalue weighted by Crippen LogP contribution is -2.52. The Hall–Kier alpha value is -0.0900. The highest BCUT2D eigenvalue weighted by molar-refractivity contribution is 7.87. The molecule has 2 rings (SSSR count). The van der Waals surface area contributed by atoms with Crippen molar-refractivity contribution in [2.45, 2.75) is 44.8 Å². The Bertz CT molecular complexity index is 358. The monoisotopic (exact) mass is 218 g/mol. The van der Waals surface area contributed by atoms with Gasteiger partial charge in [0.15, 0.2) is 0 Å². The van der Waals surface area contributed by atoms with Crippen molar-refractivity contribution in [3.8, 4) is 0 Å². The Kier molecular flexibility index (Phi) is 1.88. The molecule has 0 aromatic rings. The van der Waals surface area contributed by atoms with Gasteiger partial charge in [-0.15, -0.1) is 0 Å². The first kappa shape index (κ1) is 10.4. The van der Waals surface area contributed by atoms with Crippen molar-refractivity contribution < 1.29 is 13.0 Å². The SMILES string of the molecule is CC1(C)[C@H]2CC[C@H](C2)[C@@]1(C)S(=O)(=O)O. The van der Waals surface area contributed by atoms with Crippen molar-refractivity contribution in [2.75, 3.05) is 0 Å². The molecule has 0 spiro atoms. The number of hydrogen-bond donors (Lipinski definition) is 1. The van der Waals surface area contributed by atoms with Gasteiger partial charge in [-0.25, -0.2) is 0 Å². The minimum atomic E-state index is -3.94. The number of hydrogen-bond acceptors (Lipinski definition) is 2. The van der Waals surface area contributed by atoms with E-state index < -0.39 is 14.9 Å². The Morgan fingerprint density at radius 1 is 1.14 bits per heavy atom. The Morgan fingerprint density at radius 3 is 1.93 bits per heavy atom. The molecule has 82 valence electrons. The van der Waals surface area contributed by atoms with Crippen LogP contribution in [0.1, 0.15) is 40.0 Å². The molecule has 2 aliphatic carbocycles. The van der Waals surface area contributed by atoms with E-state index in [2.05, 4.69) is 0 Å². The maximum absolute atomic E-state index is 11.5. The third-order valence-electron chi connectivity index (χ3n) is 5.05. The standard InChI is InChI=1S/C10H18O3S/c1-9(2)7-4-5-8(6-7)10(9,3)14(11,12)13/h7-8H,4-6H2,1-3H3,(H,11,12,13)/t7-,8+,10+/m0/s1. The fraction of sp³-hybridized carbons (Fsp3) is 1.00. The predicted molar refractivity (Wildman–Crippen MR) is 54.6 cm³/mol. The second-order valence-electron chi connectivity index (χ2n) is 5.51. The summed E-state index contributed by atoms with van der Waals surface area (Å²) in [6, 6.07) is 0. The van der Waals surface area contributed by atoms with E-state index in [0.717, 1.165) is 19.3 Å². The van der Waals surface area contributed by atoms with Gasteiger partial charge in [-0.1, -0.05) is 13.8 Å². The molecule has 0 radical (unpaired) electrons. The van der Waals surface area contributed by atoms with Crippen molar-refractivity contribution in [2.24, 2.45) is 17.3 Å². The highest BCUT2D eigenvalue weighted by atomic mass is 32.2. The van der Waals surface area contributed by atoms with Crippen LogP contribution in [-0.2, 0) is 10.1 Å². The van der Waals surface area contributed by atoms with E-state index in [1.807, 2.05) is 13.8 Å². The molecule has 0 aromatic carbocycles. The molecular weight excluding hydrogens is 200 g/mol. The second-order valence-corrected chi connectivity index (χ2v) is 7.31. The van der Waals surface area contributed by atoms with Gasteiger partial charge >= 0.3 is 0 Å². The zero-order valence-corrected chi connectivity index (χ0v) is 9.76. The van der Waals surface area contributed by atoms with Gasteiger partial charge in [0.2, 0.25) is 0 Å². The summed E-state index contributed by atoms with van der Waals surface area (Å²) in [5, 5.41) is 0. The lowest BCUT2D eigenvalue weighted by Gasteiger charge is -2.44. The van der Waals surface area contributed by atoms with Crippen LogP contribution in [0, 0.1) is 17.3 Å². The number of fused-ring (bicyclic) bond motifs is 2. The summed E-state index contributed by atoms with van der Waals surface area (Å²) in [6.07, 6.45) is 3.02. The molecule has 3 atom stereocenters. The van der Waals surface area contributed by atoms with E-state index >= 15 is 0 Å². The van der Waals surface area contributed by atoms with Gasteiger partial charge in [0.25, 0.3) is 10.1 Å². The molecule has 2 aliphatic rings. The third kappa shape index (κ3) is 0.936. The third-order valence-corrected chi connectivity index (χ3v) is 6.98. The van der Waals surface area contributed by atoms with Crippen molar-refractivity contribution in [3.63, 3.8) is 0 Å². The van der Waals surface area contributed by atoms with E-state index in [9.17, 15) is 13.0 Å². The normalized spacial score (nSPS) is 45.7. The van der Waals surface area contributed by atoms with Gasteiger partial charge in [0.1, 0.15) is 4.75 Å². The van der Waals surface area contributed by atoms with Gasteiger partial charge in [-0.3, -0.25) is 4.55 Å².